The highest BCUT2D eigenvalue weighted by molar-refractivity contribution is 5.95. The van der Waals surface area contributed by atoms with Crippen LogP contribution < -0.4 is 26.9 Å². The summed E-state index contributed by atoms with van der Waals surface area (Å²) in [5, 5.41) is 78.8. The molecule has 3 aromatic carbocycles. The van der Waals surface area contributed by atoms with E-state index in [1.165, 1.54) is 6.07 Å². The minimum atomic E-state index is -2.75. The molecule has 0 radical (unpaired) electrons. The smallest absolute Gasteiger partial charge is 0.335 e. The fourth-order valence-corrected chi connectivity index (χ4v) is 10.0. The number of fused-ring (bicyclic) bond motifs is 7. The first-order valence-corrected chi connectivity index (χ1v) is 19.1. The zero-order chi connectivity index (χ0) is 42.1. The number of benzene rings is 3. The van der Waals surface area contributed by atoms with Crippen LogP contribution in [0.1, 0.15) is 48.3 Å². The van der Waals surface area contributed by atoms with E-state index in [4.69, 9.17) is 25.4 Å². The summed E-state index contributed by atoms with van der Waals surface area (Å²) in [7, 11) is 1.86. The fourth-order valence-electron chi connectivity index (χ4n) is 10.0. The first-order chi connectivity index (χ1) is 28.1. The lowest BCUT2D eigenvalue weighted by Crippen LogP contribution is -2.70. The van der Waals surface area contributed by atoms with E-state index in [0.29, 0.717) is 23.5 Å². The van der Waals surface area contributed by atoms with Gasteiger partial charge in [0, 0.05) is 35.1 Å². The van der Waals surface area contributed by atoms with Gasteiger partial charge in [0.15, 0.2) is 29.0 Å². The Bertz CT molecular complexity index is 2480. The van der Waals surface area contributed by atoms with Crippen molar-refractivity contribution in [1.29, 1.82) is 0 Å². The number of aliphatic imine (C=N–C) groups is 1. The number of guanidine groups is 1. The summed E-state index contributed by atoms with van der Waals surface area (Å²) >= 11 is 0. The van der Waals surface area contributed by atoms with Crippen LogP contribution in [0.25, 0.3) is 33.9 Å². The van der Waals surface area contributed by atoms with E-state index < -0.39 is 82.2 Å². The number of allylic oxidation sites excluding steroid dienone is 1. The van der Waals surface area contributed by atoms with Gasteiger partial charge in [-0.1, -0.05) is 30.3 Å². The summed E-state index contributed by atoms with van der Waals surface area (Å²) in [6, 6.07) is 14.5. The van der Waals surface area contributed by atoms with E-state index in [2.05, 4.69) is 16.4 Å². The monoisotopic (exact) mass is 812 g/mol. The Morgan fingerprint density at radius 1 is 1.03 bits per heavy atom. The highest BCUT2D eigenvalue weighted by Crippen LogP contribution is 2.63. The van der Waals surface area contributed by atoms with Crippen LogP contribution in [0, 0.1) is 17.3 Å². The number of aliphatic carboxylic acids is 1. The molecule has 2 bridgehead atoms. The molecule has 2 saturated carbocycles. The van der Waals surface area contributed by atoms with E-state index in [1.807, 2.05) is 31.3 Å². The van der Waals surface area contributed by atoms with Crippen LogP contribution in [0.15, 0.2) is 68.8 Å². The number of nitrogens with two attached hydrogens (primary N) is 2. The largest absolute Gasteiger partial charge is 0.508 e. The number of hydrogen-bond donors (Lipinski definition) is 10. The van der Waals surface area contributed by atoms with Crippen molar-refractivity contribution in [1.82, 2.24) is 5.32 Å². The summed E-state index contributed by atoms with van der Waals surface area (Å²) in [6.07, 6.45) is -2.42. The molecule has 310 valence electrons. The van der Waals surface area contributed by atoms with Crippen molar-refractivity contribution < 1.29 is 59.2 Å². The molecule has 0 amide bonds. The number of aldehydes is 1. The molecule has 10 unspecified atom stereocenters. The van der Waals surface area contributed by atoms with Crippen molar-refractivity contribution in [3.8, 4) is 34.3 Å². The van der Waals surface area contributed by atoms with Crippen molar-refractivity contribution in [2.75, 3.05) is 13.6 Å². The predicted octanol–water partition coefficient (Wildman–Crippen LogP) is 1.72. The van der Waals surface area contributed by atoms with E-state index in [1.54, 1.807) is 12.1 Å². The maximum atomic E-state index is 13.8. The minimum absolute atomic E-state index is 0.0258. The maximum Gasteiger partial charge on any atom is 0.335 e. The predicted molar refractivity (Wildman–Crippen MR) is 211 cm³/mol. The second-order valence-electron chi connectivity index (χ2n) is 15.9. The molecule has 3 fully saturated rings. The second-order valence-corrected chi connectivity index (χ2v) is 15.9. The molecule has 1 saturated heterocycles. The van der Waals surface area contributed by atoms with Crippen LogP contribution in [0.3, 0.4) is 0 Å². The molecule has 4 aromatic rings. The van der Waals surface area contributed by atoms with Crippen molar-refractivity contribution >= 4 is 40.8 Å². The van der Waals surface area contributed by atoms with Crippen LogP contribution in [0.5, 0.6) is 23.0 Å². The number of ether oxygens (including phenoxy) is 2. The molecule has 12 N–H and O–H groups in total. The van der Waals surface area contributed by atoms with Crippen molar-refractivity contribution in [2.45, 2.75) is 67.8 Å². The number of carbonyl (C=O) groups excluding carboxylic acids is 1. The highest BCUT2D eigenvalue weighted by Gasteiger charge is 2.59. The van der Waals surface area contributed by atoms with Gasteiger partial charge in [0.2, 0.25) is 12.0 Å². The molecular weight excluding hydrogens is 768 g/mol. The van der Waals surface area contributed by atoms with Crippen LogP contribution >= 0.6 is 0 Å². The molecular formula is C42H44N4O13. The number of aromatic hydroxyl groups is 3. The number of carboxylic acid groups (broad SMARTS) is 1. The highest BCUT2D eigenvalue weighted by atomic mass is 16.7. The molecule has 0 spiro atoms. The fraction of sp³-hybridized carbons (Fsp3) is 0.381. The first-order valence-electron chi connectivity index (χ1n) is 19.1. The standard InChI is InChI=1S/C42H44N4O13/c1-45-30-9-6-18-10-24-21-5-3-2-4-19(21)11-25(32(24)41(30,15-18)17-47)23-12-20(48)7-8-22(23)27-13-26(49)31-28(57-27)14-29(33(50)34(31)51)58-39-37(53)42(56,16-46-40(43)44)36(52)35(59-39)38(54)55/h2-5,7-8,11-14,17-18,24,30,32,35-37,39,45,48,50-53,56H,6,9-10,15-16H2,1H3,(H,54,55)(H4,43,44,46). The molecule has 17 heteroatoms. The Morgan fingerprint density at radius 2 is 1.80 bits per heavy atom. The number of rotatable bonds is 9. The van der Waals surface area contributed by atoms with Gasteiger partial charge in [-0.25, -0.2) is 4.79 Å². The number of hydrogen-bond acceptors (Lipinski definition) is 14. The van der Waals surface area contributed by atoms with Gasteiger partial charge in [-0.3, -0.25) is 9.79 Å². The molecule has 10 atom stereocenters. The Hall–Kier alpha value is -5.98. The van der Waals surface area contributed by atoms with E-state index >= 15 is 0 Å². The topological polar surface area (TPSA) is 301 Å². The normalized spacial score (nSPS) is 31.0. The van der Waals surface area contributed by atoms with E-state index in [-0.39, 0.29) is 35.0 Å². The molecule has 17 nitrogen and oxygen atoms in total. The van der Waals surface area contributed by atoms with Crippen molar-refractivity contribution in [2.24, 2.45) is 33.7 Å². The third-order valence-electron chi connectivity index (χ3n) is 12.7. The lowest BCUT2D eigenvalue weighted by molar-refractivity contribution is -0.303. The number of phenols is 3. The number of carbonyl (C=O) groups is 2. The number of phenolic OH excluding ortho intramolecular Hbond substituents is 3. The van der Waals surface area contributed by atoms with Gasteiger partial charge in [-0.15, -0.1) is 0 Å². The SMILES string of the molecule is CNC1CCC2CC3c4ccccc4C=C(c4cc(O)ccc4-c4cc(=O)c5c(O)c(O)c(OC6OC(C(=O)O)C(O)C(O)(CN=C(N)N)C6O)cc5o4)C3C1(C=O)C2. The Labute approximate surface area is 335 Å². The lowest BCUT2D eigenvalue weighted by atomic mass is 9.47. The molecule has 8 rings (SSSR count). The summed E-state index contributed by atoms with van der Waals surface area (Å²) in [5.41, 5.74) is 9.75. The van der Waals surface area contributed by atoms with E-state index in [9.17, 15) is 50.1 Å². The average Bonchev–Trinajstić information content (AvgIpc) is 3.21. The third kappa shape index (κ3) is 6.36. The average molecular weight is 813 g/mol. The summed E-state index contributed by atoms with van der Waals surface area (Å²) < 4.78 is 17.2. The van der Waals surface area contributed by atoms with Crippen LogP contribution in [-0.2, 0) is 14.3 Å². The zero-order valence-electron chi connectivity index (χ0n) is 31.7. The number of carboxylic acids is 1. The van der Waals surface area contributed by atoms with Crippen molar-refractivity contribution in [3.05, 3.63) is 81.5 Å². The van der Waals surface area contributed by atoms with Gasteiger partial charge < -0.3 is 71.2 Å². The third-order valence-corrected chi connectivity index (χ3v) is 12.7. The lowest BCUT2D eigenvalue weighted by Gasteiger charge is -2.57. The van der Waals surface area contributed by atoms with Gasteiger partial charge in [0.25, 0.3) is 0 Å². The van der Waals surface area contributed by atoms with Crippen LogP contribution in [0.2, 0.25) is 0 Å². The molecule has 59 heavy (non-hydrogen) atoms. The van der Waals surface area contributed by atoms with Crippen molar-refractivity contribution in [3.63, 3.8) is 0 Å². The second kappa shape index (κ2) is 14.7. The van der Waals surface area contributed by atoms with Gasteiger partial charge in [-0.05, 0) is 85.0 Å². The van der Waals surface area contributed by atoms with Crippen LogP contribution in [-0.4, -0.2) is 104 Å². The van der Waals surface area contributed by atoms with Gasteiger partial charge in [0.05, 0.1) is 6.54 Å². The van der Waals surface area contributed by atoms with Gasteiger partial charge in [-0.2, -0.15) is 0 Å². The molecule has 4 aliphatic rings. The summed E-state index contributed by atoms with van der Waals surface area (Å²) in [6.45, 7) is -0.888. The number of aliphatic hydroxyl groups is 3. The first kappa shape index (κ1) is 39.8. The van der Waals surface area contributed by atoms with Gasteiger partial charge >= 0.3 is 5.97 Å². The zero-order valence-corrected chi connectivity index (χ0v) is 31.7. The number of nitrogens with zero attached hydrogens (tertiary/aromatic N) is 1. The van der Waals surface area contributed by atoms with Crippen LogP contribution in [0.4, 0.5) is 0 Å². The Balaban J connectivity index is 1.25. The molecule has 1 aromatic heterocycles. The van der Waals surface area contributed by atoms with Gasteiger partial charge in [0.1, 0.15) is 46.6 Å². The Morgan fingerprint density at radius 3 is 2.51 bits per heavy atom. The minimum Gasteiger partial charge on any atom is -0.508 e. The molecule has 2 heterocycles. The number of aliphatic hydroxyl groups excluding tert-OH is 2. The maximum absolute atomic E-state index is 13.8. The quantitative estimate of drug-likeness (QED) is 0.0498. The summed E-state index contributed by atoms with van der Waals surface area (Å²) in [5.74, 6) is -5.16. The number of nitrogens with one attached hydrogen (secondary N) is 1. The molecule has 3 aliphatic carbocycles. The summed E-state index contributed by atoms with van der Waals surface area (Å²) in [4.78, 5) is 43.0. The van der Waals surface area contributed by atoms with E-state index in [0.717, 1.165) is 54.4 Å². The molecule has 1 aliphatic heterocycles. The Kier molecular flexibility index (Phi) is 9.91.